The van der Waals surface area contributed by atoms with Gasteiger partial charge < -0.3 is 10.0 Å². The molecule has 0 aromatic heterocycles. The fourth-order valence-electron chi connectivity index (χ4n) is 2.71. The predicted molar refractivity (Wildman–Crippen MR) is 69.8 cm³/mol. The Kier molecular flexibility index (Phi) is 3.01. The number of carbonyl (C=O) groups excluding carboxylic acids is 1. The smallest absolute Gasteiger partial charge is 0.323 e. The minimum absolute atomic E-state index is 0.0204. The van der Waals surface area contributed by atoms with E-state index in [1.165, 1.54) is 10.5 Å². The lowest BCUT2D eigenvalue weighted by molar-refractivity contribution is -0.145. The molecule has 4 heteroatoms. The number of carbonyl (C=O) groups is 2. The Morgan fingerprint density at radius 1 is 1.26 bits per heavy atom. The molecule has 2 aliphatic rings. The Balaban J connectivity index is 1.72. The Hall–Kier alpha value is -1.84. The summed E-state index contributed by atoms with van der Waals surface area (Å²) in [4.78, 5) is 24.9. The first-order valence-electron chi connectivity index (χ1n) is 6.73. The molecule has 0 spiro atoms. The van der Waals surface area contributed by atoms with Crippen LogP contribution in [0.3, 0.4) is 0 Å². The van der Waals surface area contributed by atoms with Crippen LogP contribution in [0, 0.1) is 5.92 Å². The Bertz CT molecular complexity index is 522. The van der Waals surface area contributed by atoms with Gasteiger partial charge in [-0.05, 0) is 36.3 Å². The number of rotatable bonds is 5. The van der Waals surface area contributed by atoms with E-state index in [4.69, 9.17) is 5.11 Å². The third-order valence-corrected chi connectivity index (χ3v) is 3.97. The van der Waals surface area contributed by atoms with Gasteiger partial charge in [0, 0.05) is 6.54 Å². The fourth-order valence-corrected chi connectivity index (χ4v) is 2.71. The van der Waals surface area contributed by atoms with Crippen LogP contribution >= 0.6 is 0 Å². The number of benzene rings is 1. The molecule has 0 radical (unpaired) electrons. The molecular formula is C15H17NO3. The average Bonchev–Trinajstić information content (AvgIpc) is 3.13. The van der Waals surface area contributed by atoms with Gasteiger partial charge in [0.15, 0.2) is 0 Å². The van der Waals surface area contributed by atoms with Crippen molar-refractivity contribution in [3.63, 3.8) is 0 Å². The number of hydrogen-bond acceptors (Lipinski definition) is 2. The third-order valence-electron chi connectivity index (χ3n) is 3.97. The van der Waals surface area contributed by atoms with E-state index in [1.807, 2.05) is 24.3 Å². The minimum Gasteiger partial charge on any atom is -0.480 e. The van der Waals surface area contributed by atoms with Crippen molar-refractivity contribution in [1.82, 2.24) is 4.90 Å². The zero-order valence-corrected chi connectivity index (χ0v) is 10.7. The van der Waals surface area contributed by atoms with Gasteiger partial charge in [0.2, 0.25) is 5.91 Å². The van der Waals surface area contributed by atoms with Crippen LogP contribution in [0.5, 0.6) is 0 Å². The molecule has 1 saturated carbocycles. The molecule has 1 unspecified atom stereocenters. The van der Waals surface area contributed by atoms with E-state index in [-0.39, 0.29) is 18.4 Å². The fraction of sp³-hybridized carbons (Fsp3) is 0.467. The summed E-state index contributed by atoms with van der Waals surface area (Å²) in [6.45, 7) is 0.428. The molecule has 0 aliphatic heterocycles. The van der Waals surface area contributed by atoms with Crippen molar-refractivity contribution in [1.29, 1.82) is 0 Å². The molecule has 0 heterocycles. The number of hydrogen-bond donors (Lipinski definition) is 1. The van der Waals surface area contributed by atoms with Gasteiger partial charge in [-0.2, -0.15) is 0 Å². The van der Waals surface area contributed by atoms with Gasteiger partial charge in [-0.1, -0.05) is 24.3 Å². The van der Waals surface area contributed by atoms with Crippen LogP contribution < -0.4 is 0 Å². The minimum atomic E-state index is -0.929. The normalized spacial score (nSPS) is 20.3. The average molecular weight is 259 g/mol. The van der Waals surface area contributed by atoms with Crippen molar-refractivity contribution in [3.8, 4) is 0 Å². The number of carboxylic acids is 1. The van der Waals surface area contributed by atoms with Crippen LogP contribution in [0.1, 0.15) is 29.9 Å². The van der Waals surface area contributed by atoms with E-state index in [9.17, 15) is 9.59 Å². The van der Waals surface area contributed by atoms with Crippen LogP contribution in [0.25, 0.3) is 0 Å². The number of aliphatic carboxylic acids is 1. The summed E-state index contributed by atoms with van der Waals surface area (Å²) in [5.41, 5.74) is 2.28. The molecule has 1 fully saturated rings. The molecule has 1 aromatic rings. The molecule has 100 valence electrons. The van der Waals surface area contributed by atoms with Gasteiger partial charge in [-0.3, -0.25) is 9.59 Å². The molecule has 1 amide bonds. The van der Waals surface area contributed by atoms with E-state index in [0.29, 0.717) is 12.5 Å². The Morgan fingerprint density at radius 2 is 2.00 bits per heavy atom. The van der Waals surface area contributed by atoms with Crippen LogP contribution in [0.15, 0.2) is 24.3 Å². The summed E-state index contributed by atoms with van der Waals surface area (Å²) >= 11 is 0. The van der Waals surface area contributed by atoms with E-state index in [1.54, 1.807) is 0 Å². The number of amides is 1. The quantitative estimate of drug-likeness (QED) is 0.874. The van der Waals surface area contributed by atoms with Gasteiger partial charge in [0.05, 0.1) is 5.92 Å². The van der Waals surface area contributed by atoms with Gasteiger partial charge in [0.1, 0.15) is 6.54 Å². The molecular weight excluding hydrogens is 242 g/mol. The second-order valence-corrected chi connectivity index (χ2v) is 5.51. The summed E-state index contributed by atoms with van der Waals surface area (Å²) in [7, 11) is 0. The van der Waals surface area contributed by atoms with Crippen molar-refractivity contribution in [2.45, 2.75) is 25.2 Å². The van der Waals surface area contributed by atoms with Crippen molar-refractivity contribution < 1.29 is 14.7 Å². The largest absolute Gasteiger partial charge is 0.480 e. The molecule has 4 nitrogen and oxygen atoms in total. The lowest BCUT2D eigenvalue weighted by Gasteiger charge is -2.33. The van der Waals surface area contributed by atoms with Crippen molar-refractivity contribution >= 4 is 11.9 Å². The second-order valence-electron chi connectivity index (χ2n) is 5.51. The topological polar surface area (TPSA) is 57.6 Å². The molecule has 3 rings (SSSR count). The van der Waals surface area contributed by atoms with Gasteiger partial charge in [0.25, 0.3) is 0 Å². The highest BCUT2D eigenvalue weighted by atomic mass is 16.4. The summed E-state index contributed by atoms with van der Waals surface area (Å²) in [6.07, 6.45) is 2.98. The first-order chi connectivity index (χ1) is 9.15. The van der Waals surface area contributed by atoms with E-state index in [0.717, 1.165) is 24.8 Å². The van der Waals surface area contributed by atoms with Crippen molar-refractivity contribution in [2.75, 3.05) is 13.1 Å². The van der Waals surface area contributed by atoms with Crippen LogP contribution in [-0.2, 0) is 16.0 Å². The number of nitrogens with zero attached hydrogens (tertiary/aromatic N) is 1. The SMILES string of the molecule is O=C(O)CN(CC1CC1)C(=O)C1Cc2ccccc21. The molecule has 0 bridgehead atoms. The molecule has 1 atom stereocenters. The summed E-state index contributed by atoms with van der Waals surface area (Å²) in [5, 5.41) is 8.94. The monoisotopic (exact) mass is 259 g/mol. The maximum absolute atomic E-state index is 12.4. The van der Waals surface area contributed by atoms with Gasteiger partial charge in [-0.25, -0.2) is 0 Å². The lowest BCUT2D eigenvalue weighted by atomic mass is 9.77. The molecule has 1 N–H and O–H groups in total. The van der Waals surface area contributed by atoms with Crippen molar-refractivity contribution in [2.24, 2.45) is 5.92 Å². The van der Waals surface area contributed by atoms with Gasteiger partial charge >= 0.3 is 5.97 Å². The van der Waals surface area contributed by atoms with E-state index < -0.39 is 5.97 Å². The van der Waals surface area contributed by atoms with E-state index >= 15 is 0 Å². The highest BCUT2D eigenvalue weighted by Crippen LogP contribution is 2.37. The van der Waals surface area contributed by atoms with Gasteiger partial charge in [-0.15, -0.1) is 0 Å². The Labute approximate surface area is 112 Å². The van der Waals surface area contributed by atoms with Crippen LogP contribution in [0.2, 0.25) is 0 Å². The van der Waals surface area contributed by atoms with Crippen molar-refractivity contribution in [3.05, 3.63) is 35.4 Å². The second kappa shape index (κ2) is 4.68. The first kappa shape index (κ1) is 12.2. The number of carboxylic acid groups (broad SMARTS) is 1. The molecule has 2 aliphatic carbocycles. The van der Waals surface area contributed by atoms with Crippen LogP contribution in [0.4, 0.5) is 0 Å². The molecule has 1 aromatic carbocycles. The van der Waals surface area contributed by atoms with E-state index in [2.05, 4.69) is 0 Å². The standard InChI is InChI=1S/C15H17NO3/c17-14(18)9-16(8-10-5-6-10)15(19)13-7-11-3-1-2-4-12(11)13/h1-4,10,13H,5-9H2,(H,17,18). The maximum atomic E-state index is 12.4. The zero-order chi connectivity index (χ0) is 13.4. The number of fused-ring (bicyclic) bond motifs is 1. The predicted octanol–water partition coefficient (Wildman–Crippen LogP) is 1.65. The third kappa shape index (κ3) is 2.48. The molecule has 0 saturated heterocycles. The highest BCUT2D eigenvalue weighted by molar-refractivity contribution is 5.89. The Morgan fingerprint density at radius 3 is 2.63 bits per heavy atom. The lowest BCUT2D eigenvalue weighted by Crippen LogP contribution is -2.43. The highest BCUT2D eigenvalue weighted by Gasteiger charge is 2.37. The zero-order valence-electron chi connectivity index (χ0n) is 10.7. The maximum Gasteiger partial charge on any atom is 0.323 e. The van der Waals surface area contributed by atoms with Crippen LogP contribution in [-0.4, -0.2) is 35.0 Å². The summed E-state index contributed by atoms with van der Waals surface area (Å²) in [5.74, 6) is -0.567. The summed E-state index contributed by atoms with van der Waals surface area (Å²) < 4.78 is 0. The first-order valence-corrected chi connectivity index (χ1v) is 6.73. The summed E-state index contributed by atoms with van der Waals surface area (Å²) in [6, 6.07) is 7.90. The molecule has 19 heavy (non-hydrogen) atoms.